The van der Waals surface area contributed by atoms with Crippen LogP contribution in [-0.2, 0) is 4.79 Å². The molecule has 0 N–H and O–H groups in total. The van der Waals surface area contributed by atoms with Gasteiger partial charge in [0, 0.05) is 6.54 Å². The average molecular weight is 464 g/mol. The lowest BCUT2D eigenvalue weighted by atomic mass is 10.1. The fourth-order valence-electron chi connectivity index (χ4n) is 3.25. The Kier molecular flexibility index (Phi) is 9.10. The predicted octanol–water partition coefficient (Wildman–Crippen LogP) is 4.71. The standard InChI is InChI=1S/C23H29N3O3S.ClH/c1-16-13-17(2)22-20(14-16)24-23(30-22)26(12-6-11-25(3)4)21(27)15-29-19-9-7-18(28-5)8-10-19;/h7-10,13-14H,6,11-12,15H2,1-5H3;1H. The lowest BCUT2D eigenvalue weighted by Gasteiger charge is -2.21. The van der Waals surface area contributed by atoms with Crippen molar-refractivity contribution in [2.45, 2.75) is 20.3 Å². The number of hydrogen-bond acceptors (Lipinski definition) is 6. The van der Waals surface area contributed by atoms with Crippen molar-refractivity contribution >= 4 is 45.0 Å². The van der Waals surface area contributed by atoms with E-state index in [-0.39, 0.29) is 24.9 Å². The van der Waals surface area contributed by atoms with Gasteiger partial charge in [0.15, 0.2) is 11.7 Å². The van der Waals surface area contributed by atoms with Gasteiger partial charge in [0.25, 0.3) is 5.91 Å². The minimum atomic E-state index is -0.0991. The Morgan fingerprint density at radius 3 is 2.39 bits per heavy atom. The summed E-state index contributed by atoms with van der Waals surface area (Å²) in [5.41, 5.74) is 3.29. The number of aromatic nitrogens is 1. The number of thiazole rings is 1. The minimum Gasteiger partial charge on any atom is -0.497 e. The summed E-state index contributed by atoms with van der Waals surface area (Å²) in [5, 5.41) is 0.723. The Morgan fingerprint density at radius 2 is 1.74 bits per heavy atom. The molecule has 1 aromatic heterocycles. The highest BCUT2D eigenvalue weighted by molar-refractivity contribution is 7.22. The average Bonchev–Trinajstić information content (AvgIpc) is 3.13. The molecule has 8 heteroatoms. The van der Waals surface area contributed by atoms with Crippen LogP contribution in [0, 0.1) is 13.8 Å². The van der Waals surface area contributed by atoms with Crippen LogP contribution in [0.3, 0.4) is 0 Å². The molecule has 0 saturated heterocycles. The Morgan fingerprint density at radius 1 is 1.06 bits per heavy atom. The van der Waals surface area contributed by atoms with Gasteiger partial charge in [-0.2, -0.15) is 0 Å². The second kappa shape index (κ2) is 11.3. The number of benzene rings is 2. The minimum absolute atomic E-state index is 0. The van der Waals surface area contributed by atoms with E-state index in [4.69, 9.17) is 14.5 Å². The SMILES string of the molecule is COc1ccc(OCC(=O)N(CCCN(C)C)c2nc3cc(C)cc(C)c3s2)cc1.Cl. The second-order valence-electron chi connectivity index (χ2n) is 7.59. The van der Waals surface area contributed by atoms with Crippen molar-refractivity contribution in [3.63, 3.8) is 0 Å². The van der Waals surface area contributed by atoms with Crippen LogP contribution in [0.1, 0.15) is 17.5 Å². The number of anilines is 1. The quantitative estimate of drug-likeness (QED) is 0.460. The summed E-state index contributed by atoms with van der Waals surface area (Å²) in [7, 11) is 5.68. The summed E-state index contributed by atoms with van der Waals surface area (Å²) < 4.78 is 12.0. The summed E-state index contributed by atoms with van der Waals surface area (Å²) >= 11 is 1.56. The Balaban J connectivity index is 0.00000341. The molecule has 2 aromatic carbocycles. The van der Waals surface area contributed by atoms with Crippen molar-refractivity contribution in [1.29, 1.82) is 0 Å². The van der Waals surface area contributed by atoms with Gasteiger partial charge in [-0.15, -0.1) is 12.4 Å². The molecular weight excluding hydrogens is 434 g/mol. The zero-order chi connectivity index (χ0) is 21.7. The number of carbonyl (C=O) groups is 1. The second-order valence-corrected chi connectivity index (χ2v) is 8.57. The van der Waals surface area contributed by atoms with Gasteiger partial charge in [-0.05, 0) is 82.4 Å². The van der Waals surface area contributed by atoms with Crippen molar-refractivity contribution in [3.05, 3.63) is 47.5 Å². The van der Waals surface area contributed by atoms with Crippen LogP contribution in [0.25, 0.3) is 10.2 Å². The van der Waals surface area contributed by atoms with Gasteiger partial charge in [-0.1, -0.05) is 17.4 Å². The molecule has 168 valence electrons. The van der Waals surface area contributed by atoms with Crippen molar-refractivity contribution in [3.8, 4) is 11.5 Å². The van der Waals surface area contributed by atoms with E-state index in [1.165, 1.54) is 11.1 Å². The van der Waals surface area contributed by atoms with E-state index in [0.29, 0.717) is 12.3 Å². The first-order valence-electron chi connectivity index (χ1n) is 9.97. The molecule has 0 unspecified atom stereocenters. The molecule has 0 aliphatic rings. The number of fused-ring (bicyclic) bond motifs is 1. The molecule has 1 heterocycles. The molecule has 6 nitrogen and oxygen atoms in total. The lowest BCUT2D eigenvalue weighted by Crippen LogP contribution is -2.36. The van der Waals surface area contributed by atoms with Crippen molar-refractivity contribution in [2.75, 3.05) is 45.8 Å². The zero-order valence-corrected chi connectivity index (χ0v) is 20.3. The van der Waals surface area contributed by atoms with E-state index < -0.39 is 0 Å². The van der Waals surface area contributed by atoms with Crippen molar-refractivity contribution in [2.24, 2.45) is 0 Å². The maximum Gasteiger partial charge on any atom is 0.266 e. The topological polar surface area (TPSA) is 54.9 Å². The van der Waals surface area contributed by atoms with Crippen LogP contribution in [0.4, 0.5) is 5.13 Å². The molecule has 0 saturated carbocycles. The first-order valence-corrected chi connectivity index (χ1v) is 10.8. The Bertz CT molecular complexity index is 1010. The third-order valence-corrected chi connectivity index (χ3v) is 5.98. The van der Waals surface area contributed by atoms with Gasteiger partial charge in [0.05, 0.1) is 17.3 Å². The van der Waals surface area contributed by atoms with Crippen LogP contribution in [0.2, 0.25) is 0 Å². The van der Waals surface area contributed by atoms with Crippen LogP contribution < -0.4 is 14.4 Å². The van der Waals surface area contributed by atoms with Crippen molar-refractivity contribution < 1.29 is 14.3 Å². The highest BCUT2D eigenvalue weighted by Crippen LogP contribution is 2.32. The number of nitrogens with zero attached hydrogens (tertiary/aromatic N) is 3. The van der Waals surface area contributed by atoms with Crippen LogP contribution in [0.5, 0.6) is 11.5 Å². The van der Waals surface area contributed by atoms with E-state index in [1.807, 2.05) is 26.2 Å². The lowest BCUT2D eigenvalue weighted by molar-refractivity contribution is -0.120. The molecule has 1 amide bonds. The molecule has 0 radical (unpaired) electrons. The van der Waals surface area contributed by atoms with Gasteiger partial charge in [-0.25, -0.2) is 4.98 Å². The van der Waals surface area contributed by atoms with Gasteiger partial charge in [0.1, 0.15) is 11.5 Å². The maximum atomic E-state index is 13.1. The normalized spacial score (nSPS) is 10.8. The van der Waals surface area contributed by atoms with Gasteiger partial charge >= 0.3 is 0 Å². The zero-order valence-electron chi connectivity index (χ0n) is 18.7. The van der Waals surface area contributed by atoms with E-state index in [9.17, 15) is 4.79 Å². The monoisotopic (exact) mass is 463 g/mol. The molecule has 0 aliphatic carbocycles. The maximum absolute atomic E-state index is 13.1. The van der Waals surface area contributed by atoms with E-state index in [0.717, 1.165) is 34.1 Å². The number of methoxy groups -OCH3 is 1. The molecule has 31 heavy (non-hydrogen) atoms. The fraction of sp³-hybridized carbons (Fsp3) is 0.391. The summed E-state index contributed by atoms with van der Waals surface area (Å²) in [6, 6.07) is 11.4. The number of ether oxygens (including phenoxy) is 2. The summed E-state index contributed by atoms with van der Waals surface area (Å²) in [6.07, 6.45) is 0.856. The fourth-order valence-corrected chi connectivity index (χ4v) is 4.31. The van der Waals surface area contributed by atoms with Crippen LogP contribution in [0.15, 0.2) is 36.4 Å². The smallest absolute Gasteiger partial charge is 0.266 e. The summed E-state index contributed by atoms with van der Waals surface area (Å²) in [5.74, 6) is 1.28. The van der Waals surface area contributed by atoms with Gasteiger partial charge in [0.2, 0.25) is 0 Å². The number of carbonyl (C=O) groups excluding carboxylic acids is 1. The van der Waals surface area contributed by atoms with Crippen molar-refractivity contribution in [1.82, 2.24) is 9.88 Å². The molecular formula is C23H30ClN3O3S. The van der Waals surface area contributed by atoms with Crippen LogP contribution >= 0.6 is 23.7 Å². The first-order chi connectivity index (χ1) is 14.4. The van der Waals surface area contributed by atoms with Gasteiger partial charge in [-0.3, -0.25) is 9.69 Å². The molecule has 3 aromatic rings. The number of aryl methyl sites for hydroxylation is 2. The molecule has 0 atom stereocenters. The molecule has 0 spiro atoms. The number of rotatable bonds is 9. The van der Waals surface area contributed by atoms with E-state index in [1.54, 1.807) is 35.5 Å². The van der Waals surface area contributed by atoms with Gasteiger partial charge < -0.3 is 14.4 Å². The molecule has 0 aliphatic heterocycles. The summed E-state index contributed by atoms with van der Waals surface area (Å²) in [6.45, 7) is 5.60. The first kappa shape index (κ1) is 24.9. The molecule has 3 rings (SSSR count). The number of amides is 1. The highest BCUT2D eigenvalue weighted by Gasteiger charge is 2.21. The van der Waals surface area contributed by atoms with E-state index in [2.05, 4.69) is 30.9 Å². The Labute approximate surface area is 194 Å². The summed E-state index contributed by atoms with van der Waals surface area (Å²) in [4.78, 5) is 21.7. The Hall–Kier alpha value is -2.35. The molecule has 0 fully saturated rings. The third kappa shape index (κ3) is 6.56. The van der Waals surface area contributed by atoms with Crippen LogP contribution in [-0.4, -0.2) is 56.7 Å². The number of hydrogen-bond donors (Lipinski definition) is 0. The molecule has 0 bridgehead atoms. The largest absolute Gasteiger partial charge is 0.497 e. The third-order valence-electron chi connectivity index (χ3n) is 4.75. The highest BCUT2D eigenvalue weighted by atomic mass is 35.5. The predicted molar refractivity (Wildman–Crippen MR) is 130 cm³/mol. The van der Waals surface area contributed by atoms with E-state index >= 15 is 0 Å². The number of halogens is 1.